The van der Waals surface area contributed by atoms with Gasteiger partial charge >= 0.3 is 0 Å². The van der Waals surface area contributed by atoms with Gasteiger partial charge < -0.3 is 15.4 Å². The molecular weight excluding hydrogens is 318 g/mol. The molecule has 1 heterocycles. The van der Waals surface area contributed by atoms with Crippen LogP contribution in [0.1, 0.15) is 28.9 Å². The molecule has 0 radical (unpaired) electrons. The van der Waals surface area contributed by atoms with E-state index in [1.165, 1.54) is 12.1 Å². The zero-order valence-electron chi connectivity index (χ0n) is 12.7. The van der Waals surface area contributed by atoms with Gasteiger partial charge in [-0.3, -0.25) is 9.59 Å². The van der Waals surface area contributed by atoms with Crippen LogP contribution in [0.15, 0.2) is 36.4 Å². The van der Waals surface area contributed by atoms with E-state index in [1.807, 2.05) is 0 Å². The van der Waals surface area contributed by atoms with Crippen LogP contribution in [0.2, 0.25) is 0 Å². The smallest absolute Gasteiger partial charge is 0.262 e. The second kappa shape index (κ2) is 6.27. The molecular formula is C17H14F2N2O3. The van der Waals surface area contributed by atoms with E-state index in [0.717, 1.165) is 12.1 Å². The Labute approximate surface area is 136 Å². The first-order valence-corrected chi connectivity index (χ1v) is 7.26. The van der Waals surface area contributed by atoms with Crippen LogP contribution in [0.3, 0.4) is 0 Å². The molecule has 24 heavy (non-hydrogen) atoms. The molecule has 7 heteroatoms. The van der Waals surface area contributed by atoms with E-state index in [2.05, 4.69) is 10.6 Å². The first-order chi connectivity index (χ1) is 11.4. The SMILES string of the molecule is C[C@H](NC(=O)c1ccc2c(c1)NC(=O)CO2)c1ccc(F)c(F)c1. The fourth-order valence-corrected chi connectivity index (χ4v) is 2.37. The van der Waals surface area contributed by atoms with Crippen molar-refractivity contribution in [2.24, 2.45) is 0 Å². The lowest BCUT2D eigenvalue weighted by molar-refractivity contribution is -0.118. The summed E-state index contributed by atoms with van der Waals surface area (Å²) in [4.78, 5) is 23.6. The van der Waals surface area contributed by atoms with E-state index in [1.54, 1.807) is 19.1 Å². The molecule has 2 N–H and O–H groups in total. The van der Waals surface area contributed by atoms with Gasteiger partial charge in [-0.1, -0.05) is 6.07 Å². The van der Waals surface area contributed by atoms with Crippen LogP contribution in [-0.4, -0.2) is 18.4 Å². The minimum absolute atomic E-state index is 0.0638. The van der Waals surface area contributed by atoms with Crippen molar-refractivity contribution in [3.05, 3.63) is 59.2 Å². The first kappa shape index (κ1) is 15.9. The zero-order valence-corrected chi connectivity index (χ0v) is 12.7. The van der Waals surface area contributed by atoms with Crippen molar-refractivity contribution in [3.63, 3.8) is 0 Å². The van der Waals surface area contributed by atoms with Crippen molar-refractivity contribution in [1.29, 1.82) is 0 Å². The zero-order chi connectivity index (χ0) is 17.3. The van der Waals surface area contributed by atoms with E-state index in [-0.39, 0.29) is 12.5 Å². The molecule has 1 aliphatic heterocycles. The van der Waals surface area contributed by atoms with Crippen LogP contribution in [0, 0.1) is 11.6 Å². The van der Waals surface area contributed by atoms with Gasteiger partial charge in [0.05, 0.1) is 11.7 Å². The van der Waals surface area contributed by atoms with Crippen LogP contribution in [0.25, 0.3) is 0 Å². The summed E-state index contributed by atoms with van der Waals surface area (Å²) in [5, 5.41) is 5.31. The molecule has 0 aromatic heterocycles. The number of carbonyl (C=O) groups excluding carboxylic acids is 2. The van der Waals surface area contributed by atoms with E-state index < -0.39 is 23.6 Å². The summed E-state index contributed by atoms with van der Waals surface area (Å²) >= 11 is 0. The predicted octanol–water partition coefficient (Wildman–Crippen LogP) is 2.79. The third-order valence-electron chi connectivity index (χ3n) is 3.67. The monoisotopic (exact) mass is 332 g/mol. The Hall–Kier alpha value is -2.96. The summed E-state index contributed by atoms with van der Waals surface area (Å²) in [6, 6.07) is 7.59. The Balaban J connectivity index is 1.76. The number of nitrogens with one attached hydrogen (secondary N) is 2. The Morgan fingerprint density at radius 1 is 1.21 bits per heavy atom. The van der Waals surface area contributed by atoms with Gasteiger partial charge in [-0.25, -0.2) is 8.78 Å². The number of hydrogen-bond acceptors (Lipinski definition) is 3. The second-order valence-electron chi connectivity index (χ2n) is 5.42. The third-order valence-corrected chi connectivity index (χ3v) is 3.67. The molecule has 2 aromatic rings. The average Bonchev–Trinajstić information content (AvgIpc) is 2.56. The number of fused-ring (bicyclic) bond motifs is 1. The number of rotatable bonds is 3. The highest BCUT2D eigenvalue weighted by atomic mass is 19.2. The topological polar surface area (TPSA) is 67.4 Å². The summed E-state index contributed by atoms with van der Waals surface area (Å²) in [6.45, 7) is 1.60. The number of benzene rings is 2. The number of hydrogen-bond donors (Lipinski definition) is 2. The summed E-state index contributed by atoms with van der Waals surface area (Å²) in [5.41, 5.74) is 1.17. The van der Waals surface area contributed by atoms with Crippen molar-refractivity contribution in [2.75, 3.05) is 11.9 Å². The Bertz CT molecular complexity index is 823. The van der Waals surface area contributed by atoms with E-state index in [9.17, 15) is 18.4 Å². The van der Waals surface area contributed by atoms with Crippen molar-refractivity contribution in [3.8, 4) is 5.75 Å². The van der Waals surface area contributed by atoms with Crippen molar-refractivity contribution in [2.45, 2.75) is 13.0 Å². The van der Waals surface area contributed by atoms with Gasteiger partial charge in [-0.05, 0) is 42.8 Å². The van der Waals surface area contributed by atoms with Gasteiger partial charge in [0, 0.05) is 5.56 Å². The van der Waals surface area contributed by atoms with Crippen molar-refractivity contribution < 1.29 is 23.1 Å². The largest absolute Gasteiger partial charge is 0.482 e. The first-order valence-electron chi connectivity index (χ1n) is 7.26. The molecule has 2 aromatic carbocycles. The molecule has 0 unspecified atom stereocenters. The van der Waals surface area contributed by atoms with Gasteiger partial charge in [0.15, 0.2) is 18.2 Å². The summed E-state index contributed by atoms with van der Waals surface area (Å²) in [5.74, 6) is -2.13. The number of amides is 2. The van der Waals surface area contributed by atoms with Crippen molar-refractivity contribution >= 4 is 17.5 Å². The van der Waals surface area contributed by atoms with Crippen LogP contribution in [-0.2, 0) is 4.79 Å². The van der Waals surface area contributed by atoms with Crippen LogP contribution >= 0.6 is 0 Å². The molecule has 124 valence electrons. The van der Waals surface area contributed by atoms with E-state index >= 15 is 0 Å². The van der Waals surface area contributed by atoms with Crippen LogP contribution < -0.4 is 15.4 Å². The number of ether oxygens (including phenoxy) is 1. The molecule has 1 aliphatic rings. The molecule has 0 spiro atoms. The Morgan fingerprint density at radius 3 is 2.75 bits per heavy atom. The quantitative estimate of drug-likeness (QED) is 0.908. The maximum atomic E-state index is 13.3. The lowest BCUT2D eigenvalue weighted by atomic mass is 10.1. The average molecular weight is 332 g/mol. The Morgan fingerprint density at radius 2 is 2.00 bits per heavy atom. The van der Waals surface area contributed by atoms with Gasteiger partial charge in [0.1, 0.15) is 5.75 Å². The third kappa shape index (κ3) is 3.19. The highest BCUT2D eigenvalue weighted by Crippen LogP contribution is 2.28. The summed E-state index contributed by atoms with van der Waals surface area (Å²) < 4.78 is 31.5. The molecule has 3 rings (SSSR count). The van der Waals surface area contributed by atoms with Crippen LogP contribution in [0.5, 0.6) is 5.75 Å². The van der Waals surface area contributed by atoms with Crippen molar-refractivity contribution in [1.82, 2.24) is 5.32 Å². The Kier molecular flexibility index (Phi) is 4.16. The maximum Gasteiger partial charge on any atom is 0.262 e. The lowest BCUT2D eigenvalue weighted by Gasteiger charge is -2.19. The standard InChI is InChI=1S/C17H14F2N2O3/c1-9(10-2-4-12(18)13(19)6-10)20-17(23)11-3-5-15-14(7-11)21-16(22)8-24-15/h2-7,9H,8H2,1H3,(H,20,23)(H,21,22)/t9-/m0/s1. The highest BCUT2D eigenvalue weighted by Gasteiger charge is 2.19. The summed E-state index contributed by atoms with van der Waals surface area (Å²) in [7, 11) is 0. The molecule has 1 atom stereocenters. The molecule has 0 fully saturated rings. The summed E-state index contributed by atoms with van der Waals surface area (Å²) in [6.07, 6.45) is 0. The van der Waals surface area contributed by atoms with Gasteiger partial charge in [0.25, 0.3) is 11.8 Å². The predicted molar refractivity (Wildman–Crippen MR) is 82.8 cm³/mol. The van der Waals surface area contributed by atoms with Crippen LogP contribution in [0.4, 0.5) is 14.5 Å². The fraction of sp³-hybridized carbons (Fsp3) is 0.176. The lowest BCUT2D eigenvalue weighted by Crippen LogP contribution is -2.28. The maximum absolute atomic E-state index is 13.3. The minimum atomic E-state index is -0.970. The highest BCUT2D eigenvalue weighted by molar-refractivity contribution is 5.99. The number of halogens is 2. The molecule has 0 bridgehead atoms. The molecule has 0 aliphatic carbocycles. The number of carbonyl (C=O) groups is 2. The number of anilines is 1. The minimum Gasteiger partial charge on any atom is -0.482 e. The fourth-order valence-electron chi connectivity index (χ4n) is 2.37. The molecule has 0 saturated heterocycles. The molecule has 5 nitrogen and oxygen atoms in total. The molecule has 2 amide bonds. The second-order valence-corrected chi connectivity index (χ2v) is 5.42. The van der Waals surface area contributed by atoms with E-state index in [0.29, 0.717) is 22.6 Å². The van der Waals surface area contributed by atoms with E-state index in [4.69, 9.17) is 4.74 Å². The van der Waals surface area contributed by atoms with Gasteiger partial charge in [0.2, 0.25) is 0 Å². The normalized spacial score (nSPS) is 14.2. The van der Waals surface area contributed by atoms with Gasteiger partial charge in [-0.2, -0.15) is 0 Å². The molecule has 0 saturated carbocycles. The van der Waals surface area contributed by atoms with Gasteiger partial charge in [-0.15, -0.1) is 0 Å².